The number of anilines is 2. The van der Waals surface area contributed by atoms with E-state index in [2.05, 4.69) is 45.7 Å². The fourth-order valence-corrected chi connectivity index (χ4v) is 5.60. The zero-order chi connectivity index (χ0) is 29.7. The molecule has 0 amide bonds. The number of nitrogens with zero attached hydrogens (tertiary/aromatic N) is 4. The smallest absolute Gasteiger partial charge is 0.321 e. The van der Waals surface area contributed by atoms with Gasteiger partial charge in [-0.25, -0.2) is 9.97 Å². The molecule has 0 spiro atoms. The summed E-state index contributed by atoms with van der Waals surface area (Å²) >= 11 is 0. The molecule has 3 aromatic carbocycles. The predicted octanol–water partition coefficient (Wildman–Crippen LogP) is 8.84. The van der Waals surface area contributed by atoms with Crippen LogP contribution >= 0.6 is 0 Å². The maximum absolute atomic E-state index is 13.2. The lowest BCUT2D eigenvalue weighted by atomic mass is 9.87. The van der Waals surface area contributed by atoms with Gasteiger partial charge in [0.25, 0.3) is 0 Å². The molecule has 1 unspecified atom stereocenters. The number of aromatic nitrogens is 4. The van der Waals surface area contributed by atoms with Gasteiger partial charge in [0, 0.05) is 29.8 Å². The molecule has 1 atom stereocenters. The molecule has 0 bridgehead atoms. The summed E-state index contributed by atoms with van der Waals surface area (Å²) in [6.45, 7) is 1.94. The van der Waals surface area contributed by atoms with Crippen LogP contribution in [0.4, 0.5) is 24.8 Å². The van der Waals surface area contributed by atoms with Gasteiger partial charge in [0.2, 0.25) is 5.95 Å². The normalized spacial score (nSPS) is 15.9. The van der Waals surface area contributed by atoms with Crippen molar-refractivity contribution in [1.29, 1.82) is 0 Å². The molecular formula is C34H30F3N5O. The van der Waals surface area contributed by atoms with Crippen LogP contribution in [0.15, 0.2) is 79.3 Å². The van der Waals surface area contributed by atoms with Gasteiger partial charge in [-0.1, -0.05) is 43.3 Å². The highest BCUT2D eigenvalue weighted by atomic mass is 19.4. The molecule has 2 aliphatic rings. The third-order valence-corrected chi connectivity index (χ3v) is 8.34. The highest BCUT2D eigenvalue weighted by Crippen LogP contribution is 2.45. The van der Waals surface area contributed by atoms with Crippen LogP contribution < -0.4 is 5.32 Å². The summed E-state index contributed by atoms with van der Waals surface area (Å²) in [6, 6.07) is 17.6. The van der Waals surface area contributed by atoms with Gasteiger partial charge in [-0.15, -0.1) is 0 Å². The summed E-state index contributed by atoms with van der Waals surface area (Å²) in [5.74, 6) is 0.533. The molecule has 43 heavy (non-hydrogen) atoms. The van der Waals surface area contributed by atoms with E-state index in [0.29, 0.717) is 17.9 Å². The second-order valence-corrected chi connectivity index (χ2v) is 11.8. The Bertz CT molecular complexity index is 1840. The Labute approximate surface area is 247 Å². The van der Waals surface area contributed by atoms with Crippen molar-refractivity contribution in [3.63, 3.8) is 0 Å². The molecule has 0 aliphatic heterocycles. The largest absolute Gasteiger partial charge is 0.416 e. The molecule has 2 aromatic heterocycles. The van der Waals surface area contributed by atoms with Gasteiger partial charge in [-0.2, -0.15) is 18.3 Å². The number of hydrogen-bond acceptors (Lipinski definition) is 5. The number of rotatable bonds is 9. The lowest BCUT2D eigenvalue weighted by molar-refractivity contribution is -0.137. The van der Waals surface area contributed by atoms with E-state index < -0.39 is 11.7 Å². The first-order chi connectivity index (χ1) is 20.7. The topological polar surface area (TPSA) is 72.7 Å². The number of nitrogens with one attached hydrogen (secondary N) is 1. The Morgan fingerprint density at radius 1 is 1.02 bits per heavy atom. The monoisotopic (exact) mass is 581 g/mol. The number of fused-ring (bicyclic) bond motifs is 1. The molecule has 2 heterocycles. The van der Waals surface area contributed by atoms with E-state index in [1.807, 2.05) is 30.1 Å². The Hall–Kier alpha value is -4.53. The van der Waals surface area contributed by atoms with Gasteiger partial charge in [-0.05, 0) is 84.0 Å². The molecule has 0 radical (unpaired) electrons. The average molecular weight is 582 g/mol. The lowest BCUT2D eigenvalue weighted by Crippen LogP contribution is -2.09. The van der Waals surface area contributed by atoms with E-state index in [9.17, 15) is 18.0 Å². The van der Waals surface area contributed by atoms with Crippen LogP contribution in [-0.4, -0.2) is 25.5 Å². The van der Waals surface area contributed by atoms with Crippen LogP contribution in [0.3, 0.4) is 0 Å². The molecule has 2 saturated carbocycles. The number of ketones is 1. The summed E-state index contributed by atoms with van der Waals surface area (Å²) in [5.41, 5.74) is 5.34. The van der Waals surface area contributed by atoms with Crippen LogP contribution in [0.2, 0.25) is 0 Å². The fourth-order valence-electron chi connectivity index (χ4n) is 5.60. The van der Waals surface area contributed by atoms with Crippen molar-refractivity contribution in [1.82, 2.24) is 19.7 Å². The Morgan fingerprint density at radius 2 is 1.86 bits per heavy atom. The van der Waals surface area contributed by atoms with Gasteiger partial charge in [-0.3, -0.25) is 9.48 Å². The van der Waals surface area contributed by atoms with E-state index in [0.717, 1.165) is 71.1 Å². The first kappa shape index (κ1) is 27.3. The molecule has 6 nitrogen and oxygen atoms in total. The van der Waals surface area contributed by atoms with E-state index in [-0.39, 0.29) is 23.7 Å². The summed E-state index contributed by atoms with van der Waals surface area (Å²) in [7, 11) is 0. The van der Waals surface area contributed by atoms with Crippen molar-refractivity contribution >= 4 is 28.3 Å². The lowest BCUT2D eigenvalue weighted by Gasteiger charge is -2.17. The van der Waals surface area contributed by atoms with Crippen molar-refractivity contribution in [3.05, 3.63) is 102 Å². The number of benzene rings is 3. The second-order valence-electron chi connectivity index (χ2n) is 11.8. The standard InChI is InChI=1S/C34H30F3N5O/c1-20(13-32(43)24-3-2-4-26(15-24)34(35,36)37)22-7-11-29(21-5-6-21)30(16-22)23-8-12-31-25(14-23)17-38-33(41-31)40-27-18-39-42(19-27)28-9-10-28/h2-4,7-8,11-12,14-21,28H,5-6,9-10,13H2,1H3,(H,38,40,41). The Kier molecular flexibility index (Phi) is 6.75. The quantitative estimate of drug-likeness (QED) is 0.176. The maximum Gasteiger partial charge on any atom is 0.416 e. The molecule has 5 aromatic rings. The Morgan fingerprint density at radius 3 is 2.63 bits per heavy atom. The fraction of sp³-hybridized carbons (Fsp3) is 0.294. The minimum atomic E-state index is -4.49. The second kappa shape index (κ2) is 10.6. The van der Waals surface area contributed by atoms with Crippen LogP contribution in [0.5, 0.6) is 0 Å². The number of Topliss-reactive ketones (excluding diaryl/α,β-unsaturated/α-hetero) is 1. The summed E-state index contributed by atoms with van der Waals surface area (Å²) < 4.78 is 41.5. The van der Waals surface area contributed by atoms with Gasteiger partial charge >= 0.3 is 6.18 Å². The van der Waals surface area contributed by atoms with Crippen LogP contribution in [0.1, 0.15) is 84.0 Å². The highest BCUT2D eigenvalue weighted by molar-refractivity contribution is 5.96. The predicted molar refractivity (Wildman–Crippen MR) is 160 cm³/mol. The maximum atomic E-state index is 13.2. The third-order valence-electron chi connectivity index (χ3n) is 8.34. The first-order valence-electron chi connectivity index (χ1n) is 14.6. The van der Waals surface area contributed by atoms with Crippen molar-refractivity contribution < 1.29 is 18.0 Å². The van der Waals surface area contributed by atoms with Gasteiger partial charge in [0.05, 0.1) is 29.0 Å². The Balaban J connectivity index is 1.13. The van der Waals surface area contributed by atoms with E-state index in [4.69, 9.17) is 4.98 Å². The van der Waals surface area contributed by atoms with Gasteiger partial charge in [0.15, 0.2) is 5.78 Å². The number of alkyl halides is 3. The zero-order valence-corrected chi connectivity index (χ0v) is 23.6. The van der Waals surface area contributed by atoms with Gasteiger partial charge < -0.3 is 5.32 Å². The van der Waals surface area contributed by atoms with Crippen molar-refractivity contribution in [2.24, 2.45) is 0 Å². The van der Waals surface area contributed by atoms with Crippen molar-refractivity contribution in [3.8, 4) is 11.1 Å². The third kappa shape index (κ3) is 5.89. The number of carbonyl (C=O) groups is 1. The molecule has 1 N–H and O–H groups in total. The van der Waals surface area contributed by atoms with Crippen molar-refractivity contribution in [2.45, 2.75) is 63.1 Å². The van der Waals surface area contributed by atoms with Crippen LogP contribution in [0, 0.1) is 0 Å². The molecule has 218 valence electrons. The number of halogens is 3. The number of hydrogen-bond donors (Lipinski definition) is 1. The zero-order valence-electron chi connectivity index (χ0n) is 23.6. The van der Waals surface area contributed by atoms with E-state index >= 15 is 0 Å². The molecule has 2 fully saturated rings. The summed E-state index contributed by atoms with van der Waals surface area (Å²) in [5, 5.41) is 8.57. The highest BCUT2D eigenvalue weighted by Gasteiger charge is 2.31. The minimum absolute atomic E-state index is 0.0802. The SMILES string of the molecule is CC(CC(=O)c1cccc(C(F)(F)F)c1)c1ccc(C2CC2)c(-c2ccc3nc(Nc4cnn(C5CC5)c4)ncc3c2)c1. The molecular weight excluding hydrogens is 551 g/mol. The van der Waals surface area contributed by atoms with E-state index in [1.165, 1.54) is 17.7 Å². The van der Waals surface area contributed by atoms with E-state index in [1.54, 1.807) is 6.20 Å². The average Bonchev–Trinajstić information content (AvgIpc) is 3.95. The minimum Gasteiger partial charge on any atom is -0.321 e. The summed E-state index contributed by atoms with van der Waals surface area (Å²) in [4.78, 5) is 22.2. The van der Waals surface area contributed by atoms with Crippen LogP contribution in [-0.2, 0) is 6.18 Å². The first-order valence-corrected chi connectivity index (χ1v) is 14.6. The number of carbonyl (C=O) groups excluding carboxylic acids is 1. The molecule has 2 aliphatic carbocycles. The molecule has 0 saturated heterocycles. The van der Waals surface area contributed by atoms with Crippen LogP contribution in [0.25, 0.3) is 22.0 Å². The van der Waals surface area contributed by atoms with Crippen molar-refractivity contribution in [2.75, 3.05) is 5.32 Å². The van der Waals surface area contributed by atoms with Gasteiger partial charge in [0.1, 0.15) is 0 Å². The summed E-state index contributed by atoms with van der Waals surface area (Å²) in [6.07, 6.45) is 5.82. The molecule has 7 rings (SSSR count). The molecule has 9 heteroatoms.